The van der Waals surface area contributed by atoms with Gasteiger partial charge in [-0.25, -0.2) is 9.37 Å². The molecule has 0 spiro atoms. The molecule has 0 aliphatic carbocycles. The molecule has 0 fully saturated rings. The zero-order chi connectivity index (χ0) is 21.6. The number of aryl methyl sites for hydroxylation is 1. The van der Waals surface area contributed by atoms with Crippen molar-refractivity contribution >= 4 is 40.0 Å². The Bertz CT molecular complexity index is 1270. The first-order valence-corrected chi connectivity index (χ1v) is 8.93. The van der Waals surface area contributed by atoms with Crippen LogP contribution in [-0.2, 0) is 6.18 Å². The normalized spacial score (nSPS) is 11.8. The maximum atomic E-state index is 13.9. The number of nitrogens with one attached hydrogen (secondary N) is 1. The largest absolute Gasteiger partial charge is 0.419 e. The molecular formula is C19H13ClF4N6. The number of alkyl halides is 3. The first-order valence-electron chi connectivity index (χ1n) is 8.55. The third-order valence-corrected chi connectivity index (χ3v) is 4.50. The molecule has 2 aromatic carbocycles. The van der Waals surface area contributed by atoms with Gasteiger partial charge in [-0.05, 0) is 43.3 Å². The molecule has 6 nitrogen and oxygen atoms in total. The Morgan fingerprint density at radius 3 is 2.50 bits per heavy atom. The highest BCUT2D eigenvalue weighted by molar-refractivity contribution is 6.31. The van der Waals surface area contributed by atoms with E-state index in [-0.39, 0.29) is 23.3 Å². The zero-order valence-corrected chi connectivity index (χ0v) is 16.1. The minimum absolute atomic E-state index is 0.0693. The molecule has 3 N–H and O–H groups in total. The van der Waals surface area contributed by atoms with Crippen LogP contribution in [0.15, 0.2) is 42.5 Å². The van der Waals surface area contributed by atoms with E-state index in [1.807, 2.05) is 0 Å². The number of imidazole rings is 1. The second-order valence-electron chi connectivity index (χ2n) is 6.42. The van der Waals surface area contributed by atoms with Gasteiger partial charge in [-0.1, -0.05) is 11.6 Å². The number of rotatable bonds is 3. The Morgan fingerprint density at radius 1 is 1.03 bits per heavy atom. The molecule has 0 amide bonds. The first-order chi connectivity index (χ1) is 14.1. The highest BCUT2D eigenvalue weighted by atomic mass is 35.5. The van der Waals surface area contributed by atoms with Crippen molar-refractivity contribution in [2.24, 2.45) is 0 Å². The van der Waals surface area contributed by atoms with E-state index < -0.39 is 17.6 Å². The van der Waals surface area contributed by atoms with Gasteiger partial charge < -0.3 is 11.1 Å². The molecule has 2 heterocycles. The van der Waals surface area contributed by atoms with Crippen molar-refractivity contribution < 1.29 is 17.6 Å². The first kappa shape index (κ1) is 19.9. The second kappa shape index (κ2) is 7.13. The average Bonchev–Trinajstić information content (AvgIpc) is 2.95. The summed E-state index contributed by atoms with van der Waals surface area (Å²) in [5.74, 6) is -0.393. The van der Waals surface area contributed by atoms with Crippen LogP contribution in [0.2, 0.25) is 5.02 Å². The van der Waals surface area contributed by atoms with Crippen LogP contribution in [0.3, 0.4) is 0 Å². The molecule has 0 atom stereocenters. The van der Waals surface area contributed by atoms with Crippen molar-refractivity contribution in [3.8, 4) is 5.95 Å². The highest BCUT2D eigenvalue weighted by Gasteiger charge is 2.33. The van der Waals surface area contributed by atoms with Crippen LogP contribution in [0.1, 0.15) is 11.4 Å². The van der Waals surface area contributed by atoms with Crippen molar-refractivity contribution in [3.05, 3.63) is 64.7 Å². The number of hydrogen-bond acceptors (Lipinski definition) is 5. The second-order valence-corrected chi connectivity index (χ2v) is 6.86. The lowest BCUT2D eigenvalue weighted by Crippen LogP contribution is -2.09. The summed E-state index contributed by atoms with van der Waals surface area (Å²) >= 11 is 6.08. The molecule has 2 aromatic heterocycles. The Kier molecular flexibility index (Phi) is 4.73. The zero-order valence-electron chi connectivity index (χ0n) is 15.3. The summed E-state index contributed by atoms with van der Waals surface area (Å²) in [5.41, 5.74) is 5.92. The number of anilines is 3. The fourth-order valence-electron chi connectivity index (χ4n) is 3.01. The van der Waals surface area contributed by atoms with E-state index >= 15 is 0 Å². The number of benzene rings is 2. The van der Waals surface area contributed by atoms with Crippen LogP contribution < -0.4 is 11.1 Å². The van der Waals surface area contributed by atoms with Gasteiger partial charge in [0, 0.05) is 16.8 Å². The molecule has 0 aliphatic heterocycles. The van der Waals surface area contributed by atoms with Crippen molar-refractivity contribution in [2.75, 3.05) is 11.1 Å². The molecule has 4 aromatic rings. The van der Waals surface area contributed by atoms with E-state index in [0.29, 0.717) is 27.9 Å². The van der Waals surface area contributed by atoms with Gasteiger partial charge >= 0.3 is 6.18 Å². The topological polar surface area (TPSA) is 81.7 Å². The van der Waals surface area contributed by atoms with E-state index in [1.54, 1.807) is 29.7 Å². The van der Waals surface area contributed by atoms with Crippen molar-refractivity contribution in [2.45, 2.75) is 13.1 Å². The van der Waals surface area contributed by atoms with Crippen LogP contribution in [0.25, 0.3) is 17.0 Å². The predicted molar refractivity (Wildman–Crippen MR) is 106 cm³/mol. The van der Waals surface area contributed by atoms with Gasteiger partial charge in [0.25, 0.3) is 0 Å². The fraction of sp³-hybridized carbons (Fsp3) is 0.105. The van der Waals surface area contributed by atoms with E-state index in [2.05, 4.69) is 20.3 Å². The Morgan fingerprint density at radius 2 is 1.80 bits per heavy atom. The summed E-state index contributed by atoms with van der Waals surface area (Å²) in [6.45, 7) is 1.75. The minimum Gasteiger partial charge on any atom is -0.383 e. The van der Waals surface area contributed by atoms with Crippen molar-refractivity contribution in [1.82, 2.24) is 19.5 Å². The lowest BCUT2D eigenvalue weighted by molar-refractivity contribution is -0.139. The van der Waals surface area contributed by atoms with E-state index in [4.69, 9.17) is 17.3 Å². The summed E-state index contributed by atoms with van der Waals surface area (Å²) < 4.78 is 53.7. The lowest BCUT2D eigenvalue weighted by atomic mass is 10.2. The molecular weight excluding hydrogens is 424 g/mol. The summed E-state index contributed by atoms with van der Waals surface area (Å²) in [6, 6.07) is 9.01. The number of nitrogen functional groups attached to an aromatic ring is 1. The van der Waals surface area contributed by atoms with Crippen LogP contribution in [-0.4, -0.2) is 19.5 Å². The number of hydrogen-bond donors (Lipinski definition) is 2. The third kappa shape index (κ3) is 3.73. The summed E-state index contributed by atoms with van der Waals surface area (Å²) in [7, 11) is 0. The van der Waals surface area contributed by atoms with Gasteiger partial charge in [0.1, 0.15) is 23.3 Å². The van der Waals surface area contributed by atoms with Crippen molar-refractivity contribution in [3.63, 3.8) is 0 Å². The van der Waals surface area contributed by atoms with Crippen LogP contribution in [0.5, 0.6) is 0 Å². The molecule has 0 aliphatic rings. The molecule has 0 saturated carbocycles. The van der Waals surface area contributed by atoms with Crippen LogP contribution in [0, 0.1) is 12.7 Å². The van der Waals surface area contributed by atoms with Gasteiger partial charge in [0.2, 0.25) is 5.95 Å². The van der Waals surface area contributed by atoms with E-state index in [1.165, 1.54) is 6.07 Å². The lowest BCUT2D eigenvalue weighted by Gasteiger charge is -2.12. The van der Waals surface area contributed by atoms with Gasteiger partial charge in [0.05, 0.1) is 16.6 Å². The molecule has 0 saturated heterocycles. The number of aromatic nitrogens is 4. The molecule has 4 rings (SSSR count). The molecule has 11 heteroatoms. The molecule has 0 radical (unpaired) electrons. The van der Waals surface area contributed by atoms with Gasteiger partial charge in [-0.3, -0.25) is 4.57 Å². The van der Waals surface area contributed by atoms with Gasteiger partial charge in [-0.15, -0.1) is 0 Å². The molecule has 154 valence electrons. The predicted octanol–water partition coefficient (Wildman–Crippen LogP) is 5.26. The van der Waals surface area contributed by atoms with E-state index in [9.17, 15) is 17.6 Å². The standard InChI is InChI=1S/C19H13ClF4N6/c1-9-26-14-5-2-10(20)6-15(14)30(9)18-28-16(25)8-17(29-18)27-11-3-4-12(13(21)7-11)19(22,23)24/h2-8H,1H3,(H3,25,27,28,29). The summed E-state index contributed by atoms with van der Waals surface area (Å²) in [4.78, 5) is 13.0. The van der Waals surface area contributed by atoms with Crippen molar-refractivity contribution in [1.29, 1.82) is 0 Å². The monoisotopic (exact) mass is 436 g/mol. The molecule has 30 heavy (non-hydrogen) atoms. The Balaban J connectivity index is 1.74. The maximum absolute atomic E-state index is 13.9. The SMILES string of the molecule is Cc1nc2ccc(Cl)cc2n1-c1nc(N)cc(Nc2ccc(C(F)(F)F)c(F)c2)n1. The smallest absolute Gasteiger partial charge is 0.383 e. The maximum Gasteiger partial charge on any atom is 0.419 e. The number of nitrogens with zero attached hydrogens (tertiary/aromatic N) is 4. The van der Waals surface area contributed by atoms with Crippen LogP contribution in [0.4, 0.5) is 34.9 Å². The number of halogens is 5. The summed E-state index contributed by atoms with van der Waals surface area (Å²) in [5, 5.41) is 3.24. The minimum atomic E-state index is -4.78. The highest BCUT2D eigenvalue weighted by Crippen LogP contribution is 2.33. The molecule has 0 bridgehead atoms. The number of nitrogens with two attached hydrogens (primary N) is 1. The Hall–Kier alpha value is -3.40. The van der Waals surface area contributed by atoms with Gasteiger partial charge in [0.15, 0.2) is 0 Å². The quantitative estimate of drug-likeness (QED) is 0.428. The summed E-state index contributed by atoms with van der Waals surface area (Å²) in [6.07, 6.45) is -4.78. The fourth-order valence-corrected chi connectivity index (χ4v) is 3.18. The van der Waals surface area contributed by atoms with Gasteiger partial charge in [-0.2, -0.15) is 23.1 Å². The van der Waals surface area contributed by atoms with Crippen LogP contribution >= 0.6 is 11.6 Å². The van der Waals surface area contributed by atoms with E-state index in [0.717, 1.165) is 12.1 Å². The Labute approximate surface area is 172 Å². The molecule has 0 unspecified atom stereocenters. The number of fused-ring (bicyclic) bond motifs is 1. The average molecular weight is 437 g/mol. The third-order valence-electron chi connectivity index (χ3n) is 4.27.